The number of rotatable bonds is 3. The number of nitrogens with zero attached hydrogens (tertiary/aromatic N) is 1. The minimum Gasteiger partial charge on any atom is -0.349 e. The summed E-state index contributed by atoms with van der Waals surface area (Å²) < 4.78 is 0. The van der Waals surface area contributed by atoms with E-state index in [1.165, 1.54) is 6.42 Å². The van der Waals surface area contributed by atoms with Gasteiger partial charge in [0.2, 0.25) is 0 Å². The third-order valence-electron chi connectivity index (χ3n) is 5.97. The second kappa shape index (κ2) is 6.67. The Morgan fingerprint density at radius 3 is 2.44 bits per heavy atom. The normalized spacial score (nSPS) is 31.6. The lowest BCUT2D eigenvalue weighted by Crippen LogP contribution is -2.53. The maximum Gasteiger partial charge on any atom is 0.321 e. The molecule has 1 heterocycles. The number of hydrogen-bond donors (Lipinski definition) is 3. The molecule has 134 valence electrons. The van der Waals surface area contributed by atoms with Crippen LogP contribution in [-0.4, -0.2) is 37.1 Å². The van der Waals surface area contributed by atoms with Crippen LogP contribution in [0.1, 0.15) is 42.5 Å². The van der Waals surface area contributed by atoms with E-state index in [0.717, 1.165) is 31.4 Å². The van der Waals surface area contributed by atoms with Gasteiger partial charge in [0.05, 0.1) is 0 Å². The van der Waals surface area contributed by atoms with E-state index in [1.807, 2.05) is 12.1 Å². The van der Waals surface area contributed by atoms with Crippen LogP contribution in [0.25, 0.3) is 0 Å². The molecule has 3 fully saturated rings. The van der Waals surface area contributed by atoms with Crippen molar-refractivity contribution in [2.24, 2.45) is 17.6 Å². The van der Waals surface area contributed by atoms with Crippen LogP contribution in [0.2, 0.25) is 0 Å². The van der Waals surface area contributed by atoms with Gasteiger partial charge in [-0.05, 0) is 61.8 Å². The molecular formula is C19H26N4O2. The average Bonchev–Trinajstić information content (AvgIpc) is 3.02. The molecule has 4 N–H and O–H groups in total. The molecule has 25 heavy (non-hydrogen) atoms. The van der Waals surface area contributed by atoms with Gasteiger partial charge in [-0.25, -0.2) is 4.79 Å². The van der Waals surface area contributed by atoms with Gasteiger partial charge in [0.25, 0.3) is 5.91 Å². The highest BCUT2D eigenvalue weighted by molar-refractivity contribution is 5.97. The first kappa shape index (κ1) is 16.4. The molecule has 6 heteroatoms. The van der Waals surface area contributed by atoms with Crippen molar-refractivity contribution in [3.8, 4) is 0 Å². The Labute approximate surface area is 148 Å². The molecule has 2 unspecified atom stereocenters. The van der Waals surface area contributed by atoms with E-state index in [4.69, 9.17) is 5.73 Å². The Morgan fingerprint density at radius 2 is 1.84 bits per heavy atom. The van der Waals surface area contributed by atoms with Gasteiger partial charge >= 0.3 is 6.03 Å². The van der Waals surface area contributed by atoms with Crippen LogP contribution in [0.5, 0.6) is 0 Å². The molecule has 2 aliphatic carbocycles. The van der Waals surface area contributed by atoms with E-state index in [2.05, 4.69) is 10.6 Å². The second-order valence-corrected chi connectivity index (χ2v) is 7.61. The molecule has 2 bridgehead atoms. The van der Waals surface area contributed by atoms with Gasteiger partial charge in [0.1, 0.15) is 0 Å². The van der Waals surface area contributed by atoms with E-state index >= 15 is 0 Å². The van der Waals surface area contributed by atoms with E-state index < -0.39 is 0 Å². The van der Waals surface area contributed by atoms with Gasteiger partial charge < -0.3 is 16.4 Å². The Bertz CT molecular complexity index is 646. The molecule has 1 saturated heterocycles. The summed E-state index contributed by atoms with van der Waals surface area (Å²) in [5.41, 5.74) is 7.64. The van der Waals surface area contributed by atoms with Crippen molar-refractivity contribution < 1.29 is 9.59 Å². The van der Waals surface area contributed by atoms with Crippen molar-refractivity contribution in [2.75, 3.05) is 18.0 Å². The van der Waals surface area contributed by atoms with Crippen LogP contribution in [-0.2, 0) is 0 Å². The molecule has 1 aromatic carbocycles. The zero-order chi connectivity index (χ0) is 17.4. The van der Waals surface area contributed by atoms with Crippen LogP contribution in [0.4, 0.5) is 10.5 Å². The summed E-state index contributed by atoms with van der Waals surface area (Å²) >= 11 is 0. The lowest BCUT2D eigenvalue weighted by atomic mass is 9.67. The molecule has 2 saturated carbocycles. The summed E-state index contributed by atoms with van der Waals surface area (Å²) in [6.45, 7) is 1.32. The number of urea groups is 1. The number of amides is 3. The Morgan fingerprint density at radius 1 is 1.16 bits per heavy atom. The second-order valence-electron chi connectivity index (χ2n) is 7.61. The van der Waals surface area contributed by atoms with Gasteiger partial charge in [-0.2, -0.15) is 0 Å². The predicted molar refractivity (Wildman–Crippen MR) is 96.5 cm³/mol. The number of fused-ring (bicyclic) bond motifs is 2. The van der Waals surface area contributed by atoms with Crippen molar-refractivity contribution in [2.45, 2.75) is 44.2 Å². The Hall–Kier alpha value is -2.08. The van der Waals surface area contributed by atoms with Crippen LogP contribution in [0.15, 0.2) is 24.3 Å². The van der Waals surface area contributed by atoms with Crippen molar-refractivity contribution in [1.29, 1.82) is 0 Å². The quantitative estimate of drug-likeness (QED) is 0.783. The van der Waals surface area contributed by atoms with Gasteiger partial charge in [0, 0.05) is 36.4 Å². The summed E-state index contributed by atoms with van der Waals surface area (Å²) in [4.78, 5) is 26.1. The highest BCUT2D eigenvalue weighted by atomic mass is 16.2. The van der Waals surface area contributed by atoms with Crippen molar-refractivity contribution in [1.82, 2.24) is 10.6 Å². The van der Waals surface area contributed by atoms with Gasteiger partial charge in [0.15, 0.2) is 0 Å². The fraction of sp³-hybridized carbons (Fsp3) is 0.579. The standard InChI is InChI=1S/C19H26N4O2/c20-15-10-13-2-1-3-14(11-15)17(13)22-18(24)12-4-6-16(7-5-12)23-9-8-21-19(23)25/h4-7,13-15,17H,1-3,8-11,20H2,(H,21,25)(H,22,24). The lowest BCUT2D eigenvalue weighted by molar-refractivity contribution is 0.0756. The van der Waals surface area contributed by atoms with Crippen LogP contribution in [0, 0.1) is 11.8 Å². The molecule has 0 radical (unpaired) electrons. The van der Waals surface area contributed by atoms with Crippen molar-refractivity contribution in [3.05, 3.63) is 29.8 Å². The Kier molecular flexibility index (Phi) is 4.37. The van der Waals surface area contributed by atoms with Crippen molar-refractivity contribution in [3.63, 3.8) is 0 Å². The lowest BCUT2D eigenvalue weighted by Gasteiger charge is -2.45. The fourth-order valence-corrected chi connectivity index (χ4v) is 4.77. The molecule has 3 aliphatic rings. The summed E-state index contributed by atoms with van der Waals surface area (Å²) in [5, 5.41) is 6.05. The summed E-state index contributed by atoms with van der Waals surface area (Å²) in [5.74, 6) is 1.01. The van der Waals surface area contributed by atoms with E-state index in [0.29, 0.717) is 30.5 Å². The van der Waals surface area contributed by atoms with E-state index in [9.17, 15) is 9.59 Å². The molecule has 3 amide bonds. The third-order valence-corrected chi connectivity index (χ3v) is 5.97. The van der Waals surface area contributed by atoms with Crippen LogP contribution >= 0.6 is 0 Å². The van der Waals surface area contributed by atoms with Gasteiger partial charge in [-0.1, -0.05) is 6.42 Å². The van der Waals surface area contributed by atoms with Gasteiger partial charge in [-0.3, -0.25) is 9.69 Å². The molecule has 1 aromatic rings. The Balaban J connectivity index is 1.43. The number of nitrogens with one attached hydrogen (secondary N) is 2. The molecule has 4 rings (SSSR count). The maximum absolute atomic E-state index is 12.7. The third kappa shape index (κ3) is 3.23. The summed E-state index contributed by atoms with van der Waals surface area (Å²) in [6, 6.07) is 7.76. The summed E-state index contributed by atoms with van der Waals surface area (Å²) in [6.07, 6.45) is 5.62. The van der Waals surface area contributed by atoms with Gasteiger partial charge in [-0.15, -0.1) is 0 Å². The highest BCUT2D eigenvalue weighted by Crippen LogP contribution is 2.39. The average molecular weight is 342 g/mol. The molecule has 6 nitrogen and oxygen atoms in total. The first-order valence-electron chi connectivity index (χ1n) is 9.33. The fourth-order valence-electron chi connectivity index (χ4n) is 4.77. The number of benzene rings is 1. The predicted octanol–water partition coefficient (Wildman–Crippen LogP) is 1.85. The van der Waals surface area contributed by atoms with Crippen LogP contribution < -0.4 is 21.3 Å². The number of nitrogens with two attached hydrogens (primary N) is 1. The number of carbonyl (C=O) groups is 2. The molecule has 2 atom stereocenters. The van der Waals surface area contributed by atoms with Crippen molar-refractivity contribution >= 4 is 17.6 Å². The topological polar surface area (TPSA) is 87.5 Å². The summed E-state index contributed by atoms with van der Waals surface area (Å²) in [7, 11) is 0. The maximum atomic E-state index is 12.7. The zero-order valence-electron chi connectivity index (χ0n) is 14.4. The largest absolute Gasteiger partial charge is 0.349 e. The van der Waals surface area contributed by atoms with E-state index in [1.54, 1.807) is 17.0 Å². The molecule has 0 spiro atoms. The molecule has 1 aliphatic heterocycles. The minimum atomic E-state index is -0.0800. The minimum absolute atomic E-state index is 0.0187. The first-order chi connectivity index (χ1) is 12.1. The van der Waals surface area contributed by atoms with Crippen LogP contribution in [0.3, 0.4) is 0 Å². The van der Waals surface area contributed by atoms with E-state index in [-0.39, 0.29) is 24.0 Å². The first-order valence-corrected chi connectivity index (χ1v) is 9.33. The molecule has 0 aromatic heterocycles. The highest BCUT2D eigenvalue weighted by Gasteiger charge is 2.39. The SMILES string of the molecule is NC1CC2CCCC(C1)C2NC(=O)c1ccc(N2CCNC2=O)cc1. The number of anilines is 1. The zero-order valence-corrected chi connectivity index (χ0v) is 14.4. The molecular weight excluding hydrogens is 316 g/mol. The number of carbonyl (C=O) groups excluding carboxylic acids is 2. The monoisotopic (exact) mass is 342 g/mol. The smallest absolute Gasteiger partial charge is 0.321 e. The number of hydrogen-bond acceptors (Lipinski definition) is 3.